The van der Waals surface area contributed by atoms with Crippen LogP contribution in [0.2, 0.25) is 0 Å². The summed E-state index contributed by atoms with van der Waals surface area (Å²) in [6.45, 7) is 5.80. The SMILES string of the molecule is CC1CCNC(C(=O)N(C)CC2CCOCC2)C1. The average Bonchev–Trinajstić information content (AvgIpc) is 2.39. The van der Waals surface area contributed by atoms with Crippen molar-refractivity contribution in [2.24, 2.45) is 11.8 Å². The molecule has 2 atom stereocenters. The van der Waals surface area contributed by atoms with E-state index in [1.165, 1.54) is 6.42 Å². The molecular weight excluding hydrogens is 228 g/mol. The lowest BCUT2D eigenvalue weighted by Crippen LogP contribution is -2.50. The molecule has 0 radical (unpaired) electrons. The Morgan fingerprint density at radius 1 is 1.33 bits per heavy atom. The van der Waals surface area contributed by atoms with Crippen molar-refractivity contribution in [3.05, 3.63) is 0 Å². The molecule has 2 aliphatic rings. The first-order valence-corrected chi connectivity index (χ1v) is 7.23. The fourth-order valence-electron chi connectivity index (χ4n) is 2.97. The van der Waals surface area contributed by atoms with E-state index in [-0.39, 0.29) is 11.9 Å². The zero-order chi connectivity index (χ0) is 13.0. The number of carbonyl (C=O) groups is 1. The highest BCUT2D eigenvalue weighted by atomic mass is 16.5. The van der Waals surface area contributed by atoms with Crippen molar-refractivity contribution in [1.82, 2.24) is 10.2 Å². The van der Waals surface area contributed by atoms with Crippen LogP contribution in [0, 0.1) is 11.8 Å². The van der Waals surface area contributed by atoms with Gasteiger partial charge in [0.2, 0.25) is 5.91 Å². The van der Waals surface area contributed by atoms with Gasteiger partial charge in [0.15, 0.2) is 0 Å². The molecule has 104 valence electrons. The molecule has 0 spiro atoms. The molecule has 0 saturated carbocycles. The number of hydrogen-bond donors (Lipinski definition) is 1. The number of likely N-dealkylation sites (N-methyl/N-ethyl adjacent to an activating group) is 1. The lowest BCUT2D eigenvalue weighted by atomic mass is 9.93. The Balaban J connectivity index is 1.79. The average molecular weight is 254 g/mol. The highest BCUT2D eigenvalue weighted by Gasteiger charge is 2.28. The van der Waals surface area contributed by atoms with E-state index in [1.807, 2.05) is 11.9 Å². The summed E-state index contributed by atoms with van der Waals surface area (Å²) < 4.78 is 5.36. The van der Waals surface area contributed by atoms with Crippen LogP contribution in [0.4, 0.5) is 0 Å². The third-order valence-corrected chi connectivity index (χ3v) is 4.21. The topological polar surface area (TPSA) is 41.6 Å². The van der Waals surface area contributed by atoms with Gasteiger partial charge in [0, 0.05) is 26.8 Å². The fourth-order valence-corrected chi connectivity index (χ4v) is 2.97. The lowest BCUT2D eigenvalue weighted by Gasteiger charge is -2.33. The molecule has 2 heterocycles. The number of ether oxygens (including phenoxy) is 1. The van der Waals surface area contributed by atoms with Gasteiger partial charge in [-0.15, -0.1) is 0 Å². The first kappa shape index (κ1) is 13.8. The molecule has 0 aromatic rings. The van der Waals surface area contributed by atoms with E-state index in [4.69, 9.17) is 4.74 Å². The molecule has 0 aliphatic carbocycles. The van der Waals surface area contributed by atoms with Crippen molar-refractivity contribution < 1.29 is 9.53 Å². The van der Waals surface area contributed by atoms with Crippen LogP contribution in [-0.2, 0) is 9.53 Å². The van der Waals surface area contributed by atoms with Crippen molar-refractivity contribution in [3.8, 4) is 0 Å². The van der Waals surface area contributed by atoms with Crippen LogP contribution in [-0.4, -0.2) is 50.2 Å². The maximum atomic E-state index is 12.3. The van der Waals surface area contributed by atoms with Crippen molar-refractivity contribution in [3.63, 3.8) is 0 Å². The van der Waals surface area contributed by atoms with Crippen molar-refractivity contribution in [1.29, 1.82) is 0 Å². The Bertz CT molecular complexity index is 277. The van der Waals surface area contributed by atoms with E-state index in [0.29, 0.717) is 11.8 Å². The van der Waals surface area contributed by atoms with E-state index in [0.717, 1.165) is 45.6 Å². The standard InChI is InChI=1S/C14H26N2O2/c1-11-3-6-15-13(9-11)14(17)16(2)10-12-4-7-18-8-5-12/h11-13,15H,3-10H2,1-2H3. The summed E-state index contributed by atoms with van der Waals surface area (Å²) >= 11 is 0. The largest absolute Gasteiger partial charge is 0.381 e. The maximum Gasteiger partial charge on any atom is 0.239 e. The zero-order valence-corrected chi connectivity index (χ0v) is 11.7. The minimum Gasteiger partial charge on any atom is -0.381 e. The Labute approximate surface area is 110 Å². The molecule has 2 unspecified atom stereocenters. The number of carbonyl (C=O) groups excluding carboxylic acids is 1. The highest BCUT2D eigenvalue weighted by molar-refractivity contribution is 5.81. The summed E-state index contributed by atoms with van der Waals surface area (Å²) in [5.74, 6) is 1.55. The normalized spacial score (nSPS) is 30.1. The Hall–Kier alpha value is -0.610. The minimum absolute atomic E-state index is 0.0404. The van der Waals surface area contributed by atoms with Gasteiger partial charge in [0.25, 0.3) is 0 Å². The van der Waals surface area contributed by atoms with Gasteiger partial charge < -0.3 is 15.0 Å². The Morgan fingerprint density at radius 3 is 2.72 bits per heavy atom. The van der Waals surface area contributed by atoms with Gasteiger partial charge in [0.05, 0.1) is 6.04 Å². The summed E-state index contributed by atoms with van der Waals surface area (Å²) in [6.07, 6.45) is 4.35. The lowest BCUT2D eigenvalue weighted by molar-refractivity contribution is -0.134. The fraction of sp³-hybridized carbons (Fsp3) is 0.929. The molecule has 0 aromatic carbocycles. The van der Waals surface area contributed by atoms with Gasteiger partial charge in [0.1, 0.15) is 0 Å². The van der Waals surface area contributed by atoms with E-state index in [9.17, 15) is 4.79 Å². The number of nitrogens with one attached hydrogen (secondary N) is 1. The molecule has 2 fully saturated rings. The third kappa shape index (κ3) is 3.69. The van der Waals surface area contributed by atoms with Gasteiger partial charge in [-0.2, -0.15) is 0 Å². The van der Waals surface area contributed by atoms with Crippen LogP contribution >= 0.6 is 0 Å². The quantitative estimate of drug-likeness (QED) is 0.824. The summed E-state index contributed by atoms with van der Waals surface area (Å²) in [5, 5.41) is 3.35. The molecule has 2 rings (SSSR count). The van der Waals surface area contributed by atoms with Crippen LogP contribution in [0.1, 0.15) is 32.6 Å². The molecule has 4 nitrogen and oxygen atoms in total. The van der Waals surface area contributed by atoms with Crippen molar-refractivity contribution in [2.45, 2.75) is 38.6 Å². The molecule has 1 N–H and O–H groups in total. The van der Waals surface area contributed by atoms with Crippen molar-refractivity contribution >= 4 is 5.91 Å². The zero-order valence-electron chi connectivity index (χ0n) is 11.7. The second-order valence-electron chi connectivity index (χ2n) is 5.91. The number of amides is 1. The second kappa shape index (κ2) is 6.53. The molecule has 2 saturated heterocycles. The molecule has 1 amide bonds. The summed E-state index contributed by atoms with van der Waals surface area (Å²) in [6, 6.07) is 0.0404. The third-order valence-electron chi connectivity index (χ3n) is 4.21. The molecule has 2 aliphatic heterocycles. The van der Waals surface area contributed by atoms with Gasteiger partial charge >= 0.3 is 0 Å². The molecule has 0 bridgehead atoms. The molecule has 4 heteroatoms. The van der Waals surface area contributed by atoms with Crippen LogP contribution in [0.25, 0.3) is 0 Å². The van der Waals surface area contributed by atoms with E-state index in [2.05, 4.69) is 12.2 Å². The van der Waals surface area contributed by atoms with Gasteiger partial charge in [-0.1, -0.05) is 6.92 Å². The van der Waals surface area contributed by atoms with Gasteiger partial charge in [-0.25, -0.2) is 0 Å². The predicted molar refractivity (Wildman–Crippen MR) is 71.4 cm³/mol. The minimum atomic E-state index is 0.0404. The van der Waals surface area contributed by atoms with Crippen LogP contribution < -0.4 is 5.32 Å². The number of piperidine rings is 1. The molecular formula is C14H26N2O2. The molecule has 0 aromatic heterocycles. The molecule has 18 heavy (non-hydrogen) atoms. The first-order valence-electron chi connectivity index (χ1n) is 7.23. The Morgan fingerprint density at radius 2 is 2.06 bits per heavy atom. The van der Waals surface area contributed by atoms with Gasteiger partial charge in [-0.05, 0) is 44.1 Å². The van der Waals surface area contributed by atoms with E-state index < -0.39 is 0 Å². The summed E-state index contributed by atoms with van der Waals surface area (Å²) in [5.41, 5.74) is 0. The van der Waals surface area contributed by atoms with Gasteiger partial charge in [-0.3, -0.25) is 4.79 Å². The van der Waals surface area contributed by atoms with Crippen LogP contribution in [0.3, 0.4) is 0 Å². The predicted octanol–water partition coefficient (Wildman–Crippen LogP) is 1.26. The number of rotatable bonds is 3. The summed E-state index contributed by atoms with van der Waals surface area (Å²) in [7, 11) is 1.94. The highest BCUT2D eigenvalue weighted by Crippen LogP contribution is 2.19. The maximum absolute atomic E-state index is 12.3. The summed E-state index contributed by atoms with van der Waals surface area (Å²) in [4.78, 5) is 14.3. The van der Waals surface area contributed by atoms with E-state index in [1.54, 1.807) is 0 Å². The Kier molecular flexibility index (Phi) is 5.01. The monoisotopic (exact) mass is 254 g/mol. The first-order chi connectivity index (χ1) is 8.66. The van der Waals surface area contributed by atoms with Crippen LogP contribution in [0.5, 0.6) is 0 Å². The van der Waals surface area contributed by atoms with Crippen LogP contribution in [0.15, 0.2) is 0 Å². The number of nitrogens with zero attached hydrogens (tertiary/aromatic N) is 1. The van der Waals surface area contributed by atoms with Crippen molar-refractivity contribution in [2.75, 3.05) is 33.4 Å². The van der Waals surface area contributed by atoms with E-state index >= 15 is 0 Å². The second-order valence-corrected chi connectivity index (χ2v) is 5.91. The smallest absolute Gasteiger partial charge is 0.239 e. The number of hydrogen-bond acceptors (Lipinski definition) is 3.